The Balaban J connectivity index is 1.74. The maximum atomic E-state index is 12.0. The molecule has 1 amide bonds. The molecule has 1 aromatic heterocycles. The van der Waals surface area contributed by atoms with Crippen molar-refractivity contribution in [1.82, 2.24) is 5.32 Å². The number of methoxy groups -OCH3 is 1. The van der Waals surface area contributed by atoms with Gasteiger partial charge in [-0.3, -0.25) is 4.79 Å². The van der Waals surface area contributed by atoms with Crippen LogP contribution in [0.1, 0.15) is 5.76 Å². The summed E-state index contributed by atoms with van der Waals surface area (Å²) in [5.41, 5.74) is 0. The van der Waals surface area contributed by atoms with Crippen LogP contribution in [0.3, 0.4) is 0 Å². The Hall–Kier alpha value is -2.40. The summed E-state index contributed by atoms with van der Waals surface area (Å²) in [6.45, 7) is 1.12. The molecule has 0 saturated carbocycles. The summed E-state index contributed by atoms with van der Waals surface area (Å²) in [4.78, 5) is 16.1. The van der Waals surface area contributed by atoms with Gasteiger partial charge in [0.15, 0.2) is 0 Å². The summed E-state index contributed by atoms with van der Waals surface area (Å²) in [6.07, 6.45) is 3.56. The fourth-order valence-electron chi connectivity index (χ4n) is 2.29. The molecule has 1 aliphatic rings. The van der Waals surface area contributed by atoms with E-state index in [4.69, 9.17) is 9.15 Å². The molecule has 0 bridgehead atoms. The SMILES string of the molecule is COc1ccc2c(c1)=CC(CNCc1ccco1)C(=O)N=2. The van der Waals surface area contributed by atoms with Crippen LogP contribution < -0.4 is 20.6 Å². The number of amides is 1. The number of nitrogens with one attached hydrogen (secondary N) is 1. The average Bonchev–Trinajstić information content (AvgIpc) is 3.00. The van der Waals surface area contributed by atoms with Crippen molar-refractivity contribution in [2.45, 2.75) is 6.54 Å². The minimum Gasteiger partial charge on any atom is -0.497 e. The van der Waals surface area contributed by atoms with Crippen LogP contribution in [0.25, 0.3) is 6.08 Å². The van der Waals surface area contributed by atoms with E-state index in [0.29, 0.717) is 18.4 Å². The number of hydrogen-bond donors (Lipinski definition) is 1. The van der Waals surface area contributed by atoms with Crippen LogP contribution in [0.15, 0.2) is 46.0 Å². The first-order chi connectivity index (χ1) is 10.3. The normalized spacial score (nSPS) is 16.8. The Labute approximate surface area is 121 Å². The molecule has 1 unspecified atom stereocenters. The number of carbonyl (C=O) groups excluding carboxylic acids is 1. The third-order valence-corrected chi connectivity index (χ3v) is 3.41. The molecule has 0 spiro atoms. The van der Waals surface area contributed by atoms with Crippen molar-refractivity contribution in [2.75, 3.05) is 13.7 Å². The first-order valence-corrected chi connectivity index (χ1v) is 6.78. The molecular formula is C16H16N2O3. The number of nitrogens with zero attached hydrogens (tertiary/aromatic N) is 1. The number of carbonyl (C=O) groups is 1. The van der Waals surface area contributed by atoms with Crippen molar-refractivity contribution >= 4 is 12.0 Å². The second-order valence-corrected chi connectivity index (χ2v) is 4.86. The first kappa shape index (κ1) is 13.6. The smallest absolute Gasteiger partial charge is 0.254 e. The summed E-state index contributed by atoms with van der Waals surface area (Å²) in [6, 6.07) is 9.23. The van der Waals surface area contributed by atoms with Gasteiger partial charge in [-0.25, -0.2) is 4.99 Å². The van der Waals surface area contributed by atoms with Crippen molar-refractivity contribution in [3.05, 3.63) is 52.9 Å². The van der Waals surface area contributed by atoms with Gasteiger partial charge in [-0.2, -0.15) is 0 Å². The highest BCUT2D eigenvalue weighted by molar-refractivity contribution is 5.86. The Morgan fingerprint density at radius 2 is 2.29 bits per heavy atom. The van der Waals surface area contributed by atoms with Crippen molar-refractivity contribution in [2.24, 2.45) is 10.9 Å². The summed E-state index contributed by atoms with van der Waals surface area (Å²) in [5, 5.41) is 4.84. The van der Waals surface area contributed by atoms with Crippen LogP contribution in [-0.4, -0.2) is 19.6 Å². The lowest BCUT2D eigenvalue weighted by Gasteiger charge is -2.13. The molecule has 5 heteroatoms. The maximum Gasteiger partial charge on any atom is 0.254 e. The number of benzene rings is 1. The lowest BCUT2D eigenvalue weighted by atomic mass is 10.0. The highest BCUT2D eigenvalue weighted by Gasteiger charge is 2.18. The predicted molar refractivity (Wildman–Crippen MR) is 77.2 cm³/mol. The third-order valence-electron chi connectivity index (χ3n) is 3.41. The minimum atomic E-state index is -0.264. The zero-order chi connectivity index (χ0) is 14.7. The van der Waals surface area contributed by atoms with Gasteiger partial charge >= 0.3 is 0 Å². The van der Waals surface area contributed by atoms with Gasteiger partial charge < -0.3 is 14.5 Å². The number of rotatable bonds is 5. The van der Waals surface area contributed by atoms with E-state index in [0.717, 1.165) is 16.7 Å². The topological polar surface area (TPSA) is 63.8 Å². The number of ether oxygens (including phenoxy) is 1. The van der Waals surface area contributed by atoms with E-state index >= 15 is 0 Å². The summed E-state index contributed by atoms with van der Waals surface area (Å²) in [5.74, 6) is 1.22. The molecule has 0 saturated heterocycles. The number of hydrogen-bond acceptors (Lipinski definition) is 4. The molecule has 5 nitrogen and oxygen atoms in total. The molecule has 1 N–H and O–H groups in total. The molecule has 21 heavy (non-hydrogen) atoms. The van der Waals surface area contributed by atoms with E-state index in [1.165, 1.54) is 0 Å². The lowest BCUT2D eigenvalue weighted by Crippen LogP contribution is -2.37. The van der Waals surface area contributed by atoms with Crippen molar-refractivity contribution < 1.29 is 13.9 Å². The fourth-order valence-corrected chi connectivity index (χ4v) is 2.29. The van der Waals surface area contributed by atoms with Crippen molar-refractivity contribution in [1.29, 1.82) is 0 Å². The molecule has 1 aromatic carbocycles. The second-order valence-electron chi connectivity index (χ2n) is 4.86. The van der Waals surface area contributed by atoms with Gasteiger partial charge in [0, 0.05) is 11.8 Å². The van der Waals surface area contributed by atoms with Gasteiger partial charge in [0.2, 0.25) is 0 Å². The number of fused-ring (bicyclic) bond motifs is 1. The molecule has 2 aromatic rings. The summed E-state index contributed by atoms with van der Waals surface area (Å²) < 4.78 is 10.4. The van der Waals surface area contributed by atoms with E-state index < -0.39 is 0 Å². The molecule has 3 rings (SSSR count). The standard InChI is InChI=1S/C16H16N2O3/c1-20-13-4-5-15-11(8-13)7-12(16(19)18-15)9-17-10-14-3-2-6-21-14/h2-8,12,17H,9-10H2,1H3. The third kappa shape index (κ3) is 3.03. The highest BCUT2D eigenvalue weighted by Crippen LogP contribution is 2.07. The molecule has 1 aliphatic heterocycles. The van der Waals surface area contributed by atoms with E-state index in [1.807, 2.05) is 24.3 Å². The van der Waals surface area contributed by atoms with Crippen molar-refractivity contribution in [3.63, 3.8) is 0 Å². The van der Waals surface area contributed by atoms with E-state index in [-0.39, 0.29) is 11.8 Å². The lowest BCUT2D eigenvalue weighted by molar-refractivity contribution is -0.120. The molecule has 2 heterocycles. The molecule has 0 radical (unpaired) electrons. The van der Waals surface area contributed by atoms with Crippen LogP contribution >= 0.6 is 0 Å². The van der Waals surface area contributed by atoms with E-state index in [1.54, 1.807) is 25.5 Å². The quantitative estimate of drug-likeness (QED) is 0.875. The summed E-state index contributed by atoms with van der Waals surface area (Å²) in [7, 11) is 1.62. The Kier molecular flexibility index (Phi) is 3.83. The molecule has 108 valence electrons. The first-order valence-electron chi connectivity index (χ1n) is 6.78. The molecule has 0 aliphatic carbocycles. The van der Waals surface area contributed by atoms with Gasteiger partial charge in [-0.15, -0.1) is 0 Å². The summed E-state index contributed by atoms with van der Waals surface area (Å²) >= 11 is 0. The van der Waals surface area contributed by atoms with Crippen LogP contribution in [0.4, 0.5) is 0 Å². The zero-order valence-corrected chi connectivity index (χ0v) is 11.7. The molecule has 0 fully saturated rings. The monoisotopic (exact) mass is 284 g/mol. The predicted octanol–water partition coefficient (Wildman–Crippen LogP) is 0.634. The van der Waals surface area contributed by atoms with Gasteiger partial charge in [-0.05, 0) is 30.3 Å². The van der Waals surface area contributed by atoms with Crippen LogP contribution in [0.2, 0.25) is 0 Å². The van der Waals surface area contributed by atoms with E-state index in [2.05, 4.69) is 10.3 Å². The largest absolute Gasteiger partial charge is 0.497 e. The Morgan fingerprint density at radius 1 is 1.38 bits per heavy atom. The van der Waals surface area contributed by atoms with Crippen LogP contribution in [0, 0.1) is 5.92 Å². The maximum absolute atomic E-state index is 12.0. The van der Waals surface area contributed by atoms with Gasteiger partial charge in [-0.1, -0.05) is 6.08 Å². The van der Waals surface area contributed by atoms with Gasteiger partial charge in [0.1, 0.15) is 11.5 Å². The highest BCUT2D eigenvalue weighted by atomic mass is 16.5. The Morgan fingerprint density at radius 3 is 3.05 bits per heavy atom. The van der Waals surface area contributed by atoms with Crippen molar-refractivity contribution in [3.8, 4) is 5.75 Å². The Bertz CT molecular complexity index is 750. The minimum absolute atomic E-state index is 0.125. The average molecular weight is 284 g/mol. The van der Waals surface area contributed by atoms with Gasteiger partial charge in [0.25, 0.3) is 5.91 Å². The van der Waals surface area contributed by atoms with Crippen LogP contribution in [0.5, 0.6) is 5.75 Å². The molecule has 1 atom stereocenters. The van der Waals surface area contributed by atoms with E-state index in [9.17, 15) is 4.79 Å². The van der Waals surface area contributed by atoms with Gasteiger partial charge in [0.05, 0.1) is 31.2 Å². The number of furan rings is 1. The zero-order valence-electron chi connectivity index (χ0n) is 11.7. The fraction of sp³-hybridized carbons (Fsp3) is 0.250. The second kappa shape index (κ2) is 5.93. The van der Waals surface area contributed by atoms with Crippen LogP contribution in [-0.2, 0) is 11.3 Å². The molecular weight excluding hydrogens is 268 g/mol.